The minimum Gasteiger partial charge on any atom is -0.490 e. The predicted octanol–water partition coefficient (Wildman–Crippen LogP) is 1.96. The zero-order valence-electron chi connectivity index (χ0n) is 13.4. The fourth-order valence-corrected chi connectivity index (χ4v) is 2.18. The summed E-state index contributed by atoms with van der Waals surface area (Å²) in [5.74, 6) is 1.58. The van der Waals surface area contributed by atoms with E-state index in [2.05, 4.69) is 10.3 Å². The molecule has 2 heterocycles. The van der Waals surface area contributed by atoms with E-state index in [9.17, 15) is 0 Å². The highest BCUT2D eigenvalue weighted by molar-refractivity contribution is 6.61. The van der Waals surface area contributed by atoms with Crippen molar-refractivity contribution < 1.29 is 14.0 Å². The summed E-state index contributed by atoms with van der Waals surface area (Å²) in [6, 6.07) is 3.83. The number of anilines is 1. The van der Waals surface area contributed by atoms with E-state index < -0.39 is 7.12 Å². The summed E-state index contributed by atoms with van der Waals surface area (Å²) < 4.78 is 18.0. The second-order valence-electron chi connectivity index (χ2n) is 6.77. The third kappa shape index (κ3) is 2.87. The van der Waals surface area contributed by atoms with E-state index in [1.54, 1.807) is 0 Å². The molecule has 3 rings (SSSR count). The molecule has 1 aliphatic heterocycles. The molecular formula is C15H23BN2O3. The van der Waals surface area contributed by atoms with Crippen LogP contribution in [0.1, 0.15) is 40.5 Å². The minimum atomic E-state index is -0.468. The summed E-state index contributed by atoms with van der Waals surface area (Å²) in [6.45, 7) is 8.15. The van der Waals surface area contributed by atoms with Crippen LogP contribution in [-0.4, -0.2) is 36.5 Å². The number of rotatable bonds is 4. The Morgan fingerprint density at radius 1 is 1.19 bits per heavy atom. The van der Waals surface area contributed by atoms with E-state index >= 15 is 0 Å². The van der Waals surface area contributed by atoms with Crippen LogP contribution in [0.2, 0.25) is 0 Å². The predicted molar refractivity (Wildman–Crippen MR) is 83.1 cm³/mol. The average molecular weight is 290 g/mol. The van der Waals surface area contributed by atoms with Gasteiger partial charge in [0.05, 0.1) is 22.9 Å². The first-order valence-electron chi connectivity index (χ1n) is 7.53. The largest absolute Gasteiger partial charge is 0.514 e. The summed E-state index contributed by atoms with van der Waals surface area (Å²) in [7, 11) is 1.38. The Morgan fingerprint density at radius 2 is 1.81 bits per heavy atom. The Hall–Kier alpha value is -1.27. The molecule has 0 aromatic carbocycles. The van der Waals surface area contributed by atoms with Crippen LogP contribution in [0.15, 0.2) is 12.1 Å². The smallest absolute Gasteiger partial charge is 0.490 e. The number of aromatic nitrogens is 1. The first kappa shape index (κ1) is 14.7. The fraction of sp³-hybridized carbons (Fsp3) is 0.667. The maximum atomic E-state index is 6.06. The van der Waals surface area contributed by atoms with Crippen LogP contribution in [0.5, 0.6) is 5.75 Å². The number of nitrogens with one attached hydrogen (secondary N) is 1. The normalized spacial score (nSPS) is 23.2. The monoisotopic (exact) mass is 290 g/mol. The van der Waals surface area contributed by atoms with Gasteiger partial charge in [0.1, 0.15) is 11.6 Å². The standard InChI is InChI=1S/C15H23BN2O3/c1-14(2)15(3,4)21-16(20-14)12-8-11(19-10-6-7-10)9-13(17-5)18-12/h8-10H,6-7H2,1-5H3,(H,17,18). The van der Waals surface area contributed by atoms with Gasteiger partial charge in [0.25, 0.3) is 0 Å². The van der Waals surface area contributed by atoms with E-state index in [1.807, 2.05) is 46.9 Å². The highest BCUT2D eigenvalue weighted by Gasteiger charge is 2.52. The SMILES string of the molecule is CNc1cc(OC2CC2)cc(B2OC(C)(C)C(C)(C)O2)n1. The van der Waals surface area contributed by atoms with Gasteiger partial charge >= 0.3 is 7.12 Å². The van der Waals surface area contributed by atoms with E-state index in [0.29, 0.717) is 6.10 Å². The Balaban J connectivity index is 1.87. The van der Waals surface area contributed by atoms with Crippen molar-refractivity contribution in [3.8, 4) is 5.75 Å². The van der Waals surface area contributed by atoms with Gasteiger partial charge in [0.2, 0.25) is 0 Å². The third-order valence-corrected chi connectivity index (χ3v) is 4.40. The molecule has 6 heteroatoms. The first-order chi connectivity index (χ1) is 9.80. The highest BCUT2D eigenvalue weighted by Crippen LogP contribution is 2.36. The molecule has 2 fully saturated rings. The van der Waals surface area contributed by atoms with E-state index in [4.69, 9.17) is 14.0 Å². The summed E-state index contributed by atoms with van der Waals surface area (Å²) >= 11 is 0. The van der Waals surface area contributed by atoms with Gasteiger partial charge in [0.15, 0.2) is 0 Å². The van der Waals surface area contributed by atoms with Gasteiger partial charge in [-0.1, -0.05) is 0 Å². The summed E-state index contributed by atoms with van der Waals surface area (Å²) in [4.78, 5) is 4.55. The van der Waals surface area contributed by atoms with Gasteiger partial charge in [-0.05, 0) is 46.6 Å². The maximum Gasteiger partial charge on any atom is 0.514 e. The van der Waals surface area contributed by atoms with E-state index in [0.717, 1.165) is 30.0 Å². The molecule has 0 bridgehead atoms. The Bertz CT molecular complexity index is 528. The fourth-order valence-electron chi connectivity index (χ4n) is 2.18. The molecule has 0 spiro atoms. The lowest BCUT2D eigenvalue weighted by Crippen LogP contribution is -2.41. The second-order valence-corrected chi connectivity index (χ2v) is 6.77. The van der Waals surface area contributed by atoms with Crippen LogP contribution in [0.3, 0.4) is 0 Å². The van der Waals surface area contributed by atoms with Crippen molar-refractivity contribution >= 4 is 18.5 Å². The van der Waals surface area contributed by atoms with Crippen molar-refractivity contribution in [1.29, 1.82) is 0 Å². The number of ether oxygens (including phenoxy) is 1. The topological polar surface area (TPSA) is 52.6 Å². The molecule has 21 heavy (non-hydrogen) atoms. The van der Waals surface area contributed by atoms with Crippen LogP contribution in [-0.2, 0) is 9.31 Å². The van der Waals surface area contributed by atoms with Gasteiger partial charge < -0.3 is 19.4 Å². The molecule has 1 aliphatic carbocycles. The second kappa shape index (κ2) is 4.88. The molecule has 2 aliphatic rings. The van der Waals surface area contributed by atoms with Crippen LogP contribution in [0, 0.1) is 0 Å². The summed E-state index contributed by atoms with van der Waals surface area (Å²) in [6.07, 6.45) is 2.61. The molecule has 1 aromatic rings. The molecule has 0 unspecified atom stereocenters. The molecule has 1 aromatic heterocycles. The Kier molecular flexibility index (Phi) is 3.41. The number of pyridine rings is 1. The molecule has 0 amide bonds. The lowest BCUT2D eigenvalue weighted by atomic mass is 9.84. The quantitative estimate of drug-likeness (QED) is 0.859. The van der Waals surface area contributed by atoms with Crippen LogP contribution >= 0.6 is 0 Å². The molecule has 1 N–H and O–H groups in total. The van der Waals surface area contributed by atoms with Crippen LogP contribution in [0.4, 0.5) is 5.82 Å². The third-order valence-electron chi connectivity index (χ3n) is 4.40. The number of hydrogen-bond acceptors (Lipinski definition) is 5. The summed E-state index contributed by atoms with van der Waals surface area (Å²) in [5, 5.41) is 3.06. The first-order valence-corrected chi connectivity index (χ1v) is 7.53. The van der Waals surface area contributed by atoms with Crippen molar-refractivity contribution in [3.63, 3.8) is 0 Å². The van der Waals surface area contributed by atoms with Crippen molar-refractivity contribution in [3.05, 3.63) is 12.1 Å². The van der Waals surface area contributed by atoms with Crippen LogP contribution < -0.4 is 15.6 Å². The van der Waals surface area contributed by atoms with Gasteiger partial charge in [0, 0.05) is 13.1 Å². The Morgan fingerprint density at radius 3 is 2.33 bits per heavy atom. The molecule has 5 nitrogen and oxygen atoms in total. The van der Waals surface area contributed by atoms with Gasteiger partial charge in [-0.2, -0.15) is 0 Å². The van der Waals surface area contributed by atoms with E-state index in [-0.39, 0.29) is 11.2 Å². The summed E-state index contributed by atoms with van der Waals surface area (Å²) in [5.41, 5.74) is 0.00935. The van der Waals surface area contributed by atoms with Crippen molar-refractivity contribution in [1.82, 2.24) is 4.98 Å². The number of nitrogens with zero attached hydrogens (tertiary/aromatic N) is 1. The van der Waals surface area contributed by atoms with E-state index in [1.165, 1.54) is 0 Å². The average Bonchev–Trinajstić information content (AvgIpc) is 3.16. The lowest BCUT2D eigenvalue weighted by Gasteiger charge is -2.32. The maximum absolute atomic E-state index is 6.06. The van der Waals surface area contributed by atoms with Crippen LogP contribution in [0.25, 0.3) is 0 Å². The van der Waals surface area contributed by atoms with Crippen molar-refractivity contribution in [2.45, 2.75) is 57.8 Å². The van der Waals surface area contributed by atoms with Gasteiger partial charge in [-0.25, -0.2) is 4.98 Å². The molecule has 1 saturated carbocycles. The molecule has 0 radical (unpaired) electrons. The van der Waals surface area contributed by atoms with Gasteiger partial charge in [-0.15, -0.1) is 0 Å². The lowest BCUT2D eigenvalue weighted by molar-refractivity contribution is 0.00578. The molecule has 0 atom stereocenters. The zero-order valence-corrected chi connectivity index (χ0v) is 13.4. The highest BCUT2D eigenvalue weighted by atomic mass is 16.7. The Labute approximate surface area is 126 Å². The molecule has 1 saturated heterocycles. The molecule has 114 valence electrons. The zero-order chi connectivity index (χ0) is 15.3. The van der Waals surface area contributed by atoms with Crippen molar-refractivity contribution in [2.75, 3.05) is 12.4 Å². The molecular weight excluding hydrogens is 267 g/mol. The minimum absolute atomic E-state index is 0.350. The van der Waals surface area contributed by atoms with Gasteiger partial charge in [-0.3, -0.25) is 0 Å². The van der Waals surface area contributed by atoms with Crippen molar-refractivity contribution in [2.24, 2.45) is 0 Å². The number of hydrogen-bond donors (Lipinski definition) is 1.